The first-order valence-corrected chi connectivity index (χ1v) is 6.23. The normalized spacial score (nSPS) is 11.5. The molecule has 0 atom stereocenters. The average Bonchev–Trinajstić information content (AvgIpc) is 2.45. The van der Waals surface area contributed by atoms with Crippen LogP contribution in [0.3, 0.4) is 0 Å². The molecule has 0 heterocycles. The molecule has 0 amide bonds. The Morgan fingerprint density at radius 1 is 1.19 bits per heavy atom. The number of nitrogens with zero attached hydrogens (tertiary/aromatic N) is 2. The van der Waals surface area contributed by atoms with E-state index in [1.165, 1.54) is 12.1 Å². The van der Waals surface area contributed by atoms with Crippen LogP contribution in [0.15, 0.2) is 47.6 Å². The molecule has 6 heteroatoms. The first kappa shape index (κ1) is 14.8. The fraction of sp³-hybridized carbons (Fsp3) is 0.133. The van der Waals surface area contributed by atoms with Gasteiger partial charge in [0.25, 0.3) is 0 Å². The number of hydrogen-bond donors (Lipinski definition) is 2. The van der Waals surface area contributed by atoms with Gasteiger partial charge in [-0.05, 0) is 29.8 Å². The Hall–Kier alpha value is -2.63. The second-order valence-corrected chi connectivity index (χ2v) is 4.67. The maximum absolute atomic E-state index is 13.2. The van der Waals surface area contributed by atoms with Gasteiger partial charge in [-0.1, -0.05) is 17.3 Å². The first-order chi connectivity index (χ1) is 9.99. The van der Waals surface area contributed by atoms with Crippen LogP contribution < -0.4 is 10.6 Å². The van der Waals surface area contributed by atoms with Crippen molar-refractivity contribution in [1.82, 2.24) is 0 Å². The molecular weight excluding hydrogens is 276 g/mol. The molecule has 0 fully saturated rings. The molecule has 0 aliphatic rings. The van der Waals surface area contributed by atoms with Crippen molar-refractivity contribution >= 4 is 11.5 Å². The lowest BCUT2D eigenvalue weighted by atomic mass is 10.1. The van der Waals surface area contributed by atoms with E-state index in [0.717, 1.165) is 11.8 Å². The number of rotatable bonds is 4. The third-order valence-electron chi connectivity index (χ3n) is 3.03. The Labute approximate surface area is 121 Å². The van der Waals surface area contributed by atoms with Gasteiger partial charge in [0.05, 0.1) is 0 Å². The van der Waals surface area contributed by atoms with Gasteiger partial charge in [0.2, 0.25) is 0 Å². The van der Waals surface area contributed by atoms with Gasteiger partial charge >= 0.3 is 0 Å². The number of anilines is 1. The first-order valence-electron chi connectivity index (χ1n) is 6.23. The minimum absolute atomic E-state index is 0.00190. The second kappa shape index (κ2) is 6.21. The van der Waals surface area contributed by atoms with Crippen LogP contribution >= 0.6 is 0 Å². The smallest absolute Gasteiger partial charge is 0.170 e. The van der Waals surface area contributed by atoms with E-state index in [-0.39, 0.29) is 5.84 Å². The molecule has 21 heavy (non-hydrogen) atoms. The molecule has 4 nitrogen and oxygen atoms in total. The van der Waals surface area contributed by atoms with Crippen molar-refractivity contribution in [3.63, 3.8) is 0 Å². The molecule has 0 unspecified atom stereocenters. The van der Waals surface area contributed by atoms with Crippen molar-refractivity contribution in [3.8, 4) is 0 Å². The summed E-state index contributed by atoms with van der Waals surface area (Å²) >= 11 is 0. The number of halogens is 2. The molecule has 0 spiro atoms. The average molecular weight is 291 g/mol. The summed E-state index contributed by atoms with van der Waals surface area (Å²) in [7, 11) is 1.79. The molecule has 2 aromatic rings. The molecule has 110 valence electrons. The van der Waals surface area contributed by atoms with E-state index in [4.69, 9.17) is 10.9 Å². The fourth-order valence-corrected chi connectivity index (χ4v) is 2.03. The summed E-state index contributed by atoms with van der Waals surface area (Å²) in [6.45, 7) is 0.328. The van der Waals surface area contributed by atoms with Gasteiger partial charge < -0.3 is 15.8 Å². The lowest BCUT2D eigenvalue weighted by Crippen LogP contribution is -2.18. The number of oxime groups is 1. The van der Waals surface area contributed by atoms with Crippen LogP contribution in [0.4, 0.5) is 14.5 Å². The van der Waals surface area contributed by atoms with E-state index in [1.807, 2.05) is 11.0 Å². The zero-order valence-electron chi connectivity index (χ0n) is 11.4. The maximum Gasteiger partial charge on any atom is 0.170 e. The Morgan fingerprint density at radius 3 is 2.48 bits per heavy atom. The second-order valence-electron chi connectivity index (χ2n) is 4.67. The highest BCUT2D eigenvalue weighted by molar-refractivity contribution is 5.97. The van der Waals surface area contributed by atoms with Crippen molar-refractivity contribution in [3.05, 3.63) is 65.2 Å². The SMILES string of the molecule is CN(Cc1cc(F)cc(F)c1)c1cccc(/C(N)=N/O)c1. The zero-order valence-corrected chi connectivity index (χ0v) is 11.4. The monoisotopic (exact) mass is 291 g/mol. The molecule has 0 aromatic heterocycles. The summed E-state index contributed by atoms with van der Waals surface area (Å²) in [5.74, 6) is -1.21. The standard InChI is InChI=1S/C15H15F2N3O/c1-20(9-10-5-12(16)8-13(17)6-10)14-4-2-3-11(7-14)15(18)19-21/h2-8,21H,9H2,1H3,(H2,18,19). The summed E-state index contributed by atoms with van der Waals surface area (Å²) in [5, 5.41) is 11.6. The van der Waals surface area contributed by atoms with Gasteiger partial charge in [0.1, 0.15) is 11.6 Å². The van der Waals surface area contributed by atoms with E-state index < -0.39 is 11.6 Å². The molecule has 0 aliphatic carbocycles. The van der Waals surface area contributed by atoms with Crippen LogP contribution in [0.5, 0.6) is 0 Å². The Balaban J connectivity index is 2.22. The van der Waals surface area contributed by atoms with Crippen LogP contribution in [-0.4, -0.2) is 18.1 Å². The van der Waals surface area contributed by atoms with Crippen LogP contribution in [0.2, 0.25) is 0 Å². The van der Waals surface area contributed by atoms with E-state index >= 15 is 0 Å². The predicted octanol–water partition coefficient (Wildman–Crippen LogP) is 2.70. The minimum atomic E-state index is -0.608. The van der Waals surface area contributed by atoms with E-state index in [1.54, 1.807) is 25.2 Å². The highest BCUT2D eigenvalue weighted by Gasteiger charge is 2.07. The summed E-state index contributed by atoms with van der Waals surface area (Å²) in [5.41, 5.74) is 7.40. The van der Waals surface area contributed by atoms with Crippen LogP contribution in [0, 0.1) is 11.6 Å². The quantitative estimate of drug-likeness (QED) is 0.394. The van der Waals surface area contributed by atoms with E-state index in [9.17, 15) is 8.78 Å². The lowest BCUT2D eigenvalue weighted by molar-refractivity contribution is 0.318. The molecule has 0 bridgehead atoms. The fourth-order valence-electron chi connectivity index (χ4n) is 2.03. The minimum Gasteiger partial charge on any atom is -0.409 e. The molecule has 0 saturated carbocycles. The Kier molecular flexibility index (Phi) is 4.37. The highest BCUT2D eigenvalue weighted by Crippen LogP contribution is 2.18. The molecular formula is C15H15F2N3O. The highest BCUT2D eigenvalue weighted by atomic mass is 19.1. The topological polar surface area (TPSA) is 61.8 Å². The largest absolute Gasteiger partial charge is 0.409 e. The number of nitrogens with two attached hydrogens (primary N) is 1. The third-order valence-corrected chi connectivity index (χ3v) is 3.03. The van der Waals surface area contributed by atoms with Gasteiger partial charge in [-0.3, -0.25) is 0 Å². The van der Waals surface area contributed by atoms with Crippen LogP contribution in [0.25, 0.3) is 0 Å². The van der Waals surface area contributed by atoms with Crippen molar-refractivity contribution in [1.29, 1.82) is 0 Å². The molecule has 2 aromatic carbocycles. The van der Waals surface area contributed by atoms with Gasteiger partial charge in [0.15, 0.2) is 5.84 Å². The van der Waals surface area contributed by atoms with Crippen LogP contribution in [0.1, 0.15) is 11.1 Å². The molecule has 0 saturated heterocycles. The Bertz CT molecular complexity index is 653. The predicted molar refractivity (Wildman–Crippen MR) is 77.4 cm³/mol. The van der Waals surface area contributed by atoms with E-state index in [0.29, 0.717) is 17.7 Å². The summed E-state index contributed by atoms with van der Waals surface area (Å²) in [4.78, 5) is 1.81. The van der Waals surface area contributed by atoms with E-state index in [2.05, 4.69) is 5.16 Å². The van der Waals surface area contributed by atoms with Crippen molar-refractivity contribution in [2.24, 2.45) is 10.9 Å². The molecule has 0 radical (unpaired) electrons. The maximum atomic E-state index is 13.2. The van der Waals surface area contributed by atoms with Gasteiger partial charge in [-0.25, -0.2) is 8.78 Å². The van der Waals surface area contributed by atoms with Gasteiger partial charge in [-0.15, -0.1) is 0 Å². The summed E-state index contributed by atoms with van der Waals surface area (Å²) in [6.07, 6.45) is 0. The van der Waals surface area contributed by atoms with Crippen molar-refractivity contribution in [2.45, 2.75) is 6.54 Å². The van der Waals surface area contributed by atoms with Crippen molar-refractivity contribution in [2.75, 3.05) is 11.9 Å². The molecule has 2 rings (SSSR count). The number of hydrogen-bond acceptors (Lipinski definition) is 3. The number of amidine groups is 1. The number of benzene rings is 2. The van der Waals surface area contributed by atoms with Gasteiger partial charge in [0, 0.05) is 30.9 Å². The summed E-state index contributed by atoms with van der Waals surface area (Å²) < 4.78 is 26.4. The van der Waals surface area contributed by atoms with Gasteiger partial charge in [-0.2, -0.15) is 0 Å². The Morgan fingerprint density at radius 2 is 1.86 bits per heavy atom. The zero-order chi connectivity index (χ0) is 15.4. The molecule has 3 N–H and O–H groups in total. The van der Waals surface area contributed by atoms with Crippen LogP contribution in [-0.2, 0) is 6.54 Å². The van der Waals surface area contributed by atoms with Crippen molar-refractivity contribution < 1.29 is 14.0 Å². The molecule has 0 aliphatic heterocycles. The lowest BCUT2D eigenvalue weighted by Gasteiger charge is -2.20. The third kappa shape index (κ3) is 3.68. The summed E-state index contributed by atoms with van der Waals surface area (Å²) in [6, 6.07) is 10.4.